The number of hydrogen-bond acceptors (Lipinski definition) is 6. The van der Waals surface area contributed by atoms with Gasteiger partial charge >= 0.3 is 0 Å². The predicted molar refractivity (Wildman–Crippen MR) is 104 cm³/mol. The third-order valence-corrected chi connectivity index (χ3v) is 3.99. The van der Waals surface area contributed by atoms with Gasteiger partial charge in [-0.15, -0.1) is 0 Å². The maximum Gasteiger partial charge on any atom is 0.225 e. The van der Waals surface area contributed by atoms with Crippen LogP contribution >= 0.6 is 0 Å². The molecule has 0 radical (unpaired) electrons. The van der Waals surface area contributed by atoms with Crippen LogP contribution < -0.4 is 10.6 Å². The molecule has 0 aliphatic heterocycles. The Balaban J connectivity index is 1.83. The molecule has 0 bridgehead atoms. The van der Waals surface area contributed by atoms with Crippen LogP contribution in [-0.4, -0.2) is 33.2 Å². The van der Waals surface area contributed by atoms with Crippen LogP contribution in [0.4, 0.5) is 11.8 Å². The molecule has 6 nitrogen and oxygen atoms in total. The summed E-state index contributed by atoms with van der Waals surface area (Å²) in [5, 5.41) is 15.5. The molecule has 0 spiro atoms. The smallest absolute Gasteiger partial charge is 0.225 e. The number of aryl methyl sites for hydroxylation is 1. The fraction of sp³-hybridized carbons (Fsp3) is 0.250. The van der Waals surface area contributed by atoms with Crippen LogP contribution in [0.2, 0.25) is 0 Å². The maximum atomic E-state index is 8.96. The molecule has 6 heteroatoms. The summed E-state index contributed by atoms with van der Waals surface area (Å²) in [6.07, 6.45) is 2.39. The Bertz CT molecular complexity index is 839. The number of pyridine rings is 1. The molecule has 3 rings (SSSR count). The van der Waals surface area contributed by atoms with Crippen molar-refractivity contribution in [2.75, 3.05) is 23.8 Å². The molecule has 0 fully saturated rings. The fourth-order valence-corrected chi connectivity index (χ4v) is 2.54. The van der Waals surface area contributed by atoms with E-state index in [1.807, 2.05) is 36.4 Å². The molecule has 0 atom stereocenters. The number of rotatable bonds is 8. The molecule has 0 aliphatic rings. The lowest BCUT2D eigenvalue weighted by atomic mass is 10.1. The molecule has 26 heavy (non-hydrogen) atoms. The zero-order chi connectivity index (χ0) is 18.2. The highest BCUT2D eigenvalue weighted by Gasteiger charge is 2.08. The molecular weight excluding hydrogens is 326 g/mol. The number of aliphatic hydroxyl groups is 1. The van der Waals surface area contributed by atoms with Crippen molar-refractivity contribution < 1.29 is 5.11 Å². The average molecular weight is 349 g/mol. The molecule has 2 aromatic heterocycles. The number of benzene rings is 1. The Morgan fingerprint density at radius 2 is 1.81 bits per heavy atom. The van der Waals surface area contributed by atoms with Crippen LogP contribution in [0.5, 0.6) is 0 Å². The molecule has 3 aromatic rings. The van der Waals surface area contributed by atoms with Gasteiger partial charge in [-0.2, -0.15) is 4.98 Å². The topological polar surface area (TPSA) is 83.0 Å². The maximum absolute atomic E-state index is 8.96. The quantitative estimate of drug-likeness (QED) is 0.542. The Morgan fingerprint density at radius 1 is 0.962 bits per heavy atom. The number of anilines is 2. The van der Waals surface area contributed by atoms with Gasteiger partial charge in [0.25, 0.3) is 0 Å². The van der Waals surface area contributed by atoms with Crippen molar-refractivity contribution >= 4 is 11.8 Å². The molecule has 0 unspecified atom stereocenters. The number of hydrogen-bond donors (Lipinski definition) is 3. The Labute approximate surface area is 153 Å². The lowest BCUT2D eigenvalue weighted by molar-refractivity contribution is 0.292. The number of nitrogens with one attached hydrogen (secondary N) is 2. The summed E-state index contributed by atoms with van der Waals surface area (Å²) in [7, 11) is 0. The van der Waals surface area contributed by atoms with Gasteiger partial charge in [-0.25, -0.2) is 4.98 Å². The summed E-state index contributed by atoms with van der Waals surface area (Å²) in [6.45, 7) is 3.52. The van der Waals surface area contributed by atoms with Gasteiger partial charge in [-0.05, 0) is 36.6 Å². The van der Waals surface area contributed by atoms with E-state index < -0.39 is 0 Å². The van der Waals surface area contributed by atoms with Crippen molar-refractivity contribution in [2.45, 2.75) is 19.9 Å². The minimum atomic E-state index is 0.130. The molecule has 0 saturated heterocycles. The van der Waals surface area contributed by atoms with Crippen LogP contribution in [0.25, 0.3) is 11.4 Å². The summed E-state index contributed by atoms with van der Waals surface area (Å²) in [6, 6.07) is 15.9. The minimum absolute atomic E-state index is 0.130. The second kappa shape index (κ2) is 8.92. The SMILES string of the molecule is Cc1ccccc1CNc1cc(-c2ccccn2)nc(NCCCO)n1. The number of nitrogens with zero attached hydrogens (tertiary/aromatic N) is 3. The molecule has 134 valence electrons. The number of aromatic nitrogens is 3. The van der Waals surface area contributed by atoms with E-state index in [9.17, 15) is 0 Å². The van der Waals surface area contributed by atoms with Crippen molar-refractivity contribution in [3.63, 3.8) is 0 Å². The van der Waals surface area contributed by atoms with Crippen LogP contribution in [0.1, 0.15) is 17.5 Å². The first kappa shape index (κ1) is 17.8. The Kier molecular flexibility index (Phi) is 6.11. The first-order valence-corrected chi connectivity index (χ1v) is 8.70. The van der Waals surface area contributed by atoms with Crippen molar-refractivity contribution in [3.05, 3.63) is 65.9 Å². The van der Waals surface area contributed by atoms with E-state index in [4.69, 9.17) is 5.11 Å². The predicted octanol–water partition coefficient (Wildman–Crippen LogP) is 3.25. The summed E-state index contributed by atoms with van der Waals surface area (Å²) >= 11 is 0. The van der Waals surface area contributed by atoms with Crippen molar-refractivity contribution in [3.8, 4) is 11.4 Å². The third kappa shape index (κ3) is 4.77. The van der Waals surface area contributed by atoms with E-state index in [1.54, 1.807) is 6.20 Å². The van der Waals surface area contributed by atoms with Crippen LogP contribution in [0.3, 0.4) is 0 Å². The van der Waals surface area contributed by atoms with E-state index in [0.29, 0.717) is 25.5 Å². The normalized spacial score (nSPS) is 10.5. The largest absolute Gasteiger partial charge is 0.396 e. The van der Waals surface area contributed by atoms with Gasteiger partial charge in [-0.3, -0.25) is 4.98 Å². The van der Waals surface area contributed by atoms with Crippen LogP contribution in [-0.2, 0) is 6.54 Å². The lowest BCUT2D eigenvalue weighted by Gasteiger charge is -2.12. The number of aliphatic hydroxyl groups excluding tert-OH is 1. The average Bonchev–Trinajstić information content (AvgIpc) is 2.68. The highest BCUT2D eigenvalue weighted by Crippen LogP contribution is 2.20. The molecular formula is C20H23N5O. The highest BCUT2D eigenvalue weighted by molar-refractivity contribution is 5.61. The summed E-state index contributed by atoms with van der Waals surface area (Å²) in [4.78, 5) is 13.4. The van der Waals surface area contributed by atoms with E-state index >= 15 is 0 Å². The van der Waals surface area contributed by atoms with Gasteiger partial charge < -0.3 is 15.7 Å². The van der Waals surface area contributed by atoms with Crippen molar-refractivity contribution in [2.24, 2.45) is 0 Å². The van der Waals surface area contributed by atoms with Gasteiger partial charge in [0.1, 0.15) is 5.82 Å². The summed E-state index contributed by atoms with van der Waals surface area (Å²) in [5.41, 5.74) is 4.00. The summed E-state index contributed by atoms with van der Waals surface area (Å²) < 4.78 is 0. The van der Waals surface area contributed by atoms with E-state index in [1.165, 1.54) is 11.1 Å². The first-order valence-electron chi connectivity index (χ1n) is 8.70. The van der Waals surface area contributed by atoms with Gasteiger partial charge in [0.2, 0.25) is 5.95 Å². The fourth-order valence-electron chi connectivity index (χ4n) is 2.54. The first-order chi connectivity index (χ1) is 12.8. The Hall–Kier alpha value is -2.99. The van der Waals surface area contributed by atoms with Crippen molar-refractivity contribution in [1.29, 1.82) is 0 Å². The molecule has 1 aromatic carbocycles. The summed E-state index contributed by atoms with van der Waals surface area (Å²) in [5.74, 6) is 1.25. The van der Waals surface area contributed by atoms with E-state index in [2.05, 4.69) is 44.6 Å². The lowest BCUT2D eigenvalue weighted by Crippen LogP contribution is -2.10. The molecule has 3 N–H and O–H groups in total. The minimum Gasteiger partial charge on any atom is -0.396 e. The van der Waals surface area contributed by atoms with E-state index in [0.717, 1.165) is 17.2 Å². The Morgan fingerprint density at radius 3 is 2.58 bits per heavy atom. The highest BCUT2D eigenvalue weighted by atomic mass is 16.3. The third-order valence-electron chi connectivity index (χ3n) is 3.99. The second-order valence-corrected chi connectivity index (χ2v) is 5.96. The monoisotopic (exact) mass is 349 g/mol. The standard InChI is InChI=1S/C20H23N5O/c1-15-7-2-3-8-16(15)14-23-19-13-18(17-9-4-5-10-21-17)24-20(25-19)22-11-6-12-26/h2-5,7-10,13,26H,6,11-12,14H2,1H3,(H2,22,23,24,25). The molecule has 2 heterocycles. The van der Waals surface area contributed by atoms with Gasteiger partial charge in [-0.1, -0.05) is 30.3 Å². The van der Waals surface area contributed by atoms with Crippen LogP contribution in [0, 0.1) is 6.92 Å². The van der Waals surface area contributed by atoms with Gasteiger partial charge in [0.05, 0.1) is 11.4 Å². The van der Waals surface area contributed by atoms with E-state index in [-0.39, 0.29) is 6.61 Å². The second-order valence-electron chi connectivity index (χ2n) is 5.96. The molecule has 0 saturated carbocycles. The van der Waals surface area contributed by atoms with Crippen molar-refractivity contribution in [1.82, 2.24) is 15.0 Å². The zero-order valence-corrected chi connectivity index (χ0v) is 14.8. The van der Waals surface area contributed by atoms with Crippen LogP contribution in [0.15, 0.2) is 54.7 Å². The van der Waals surface area contributed by atoms with Gasteiger partial charge in [0, 0.05) is 32.0 Å². The van der Waals surface area contributed by atoms with Gasteiger partial charge in [0.15, 0.2) is 0 Å². The molecule has 0 aliphatic carbocycles. The molecule has 0 amide bonds. The zero-order valence-electron chi connectivity index (χ0n) is 14.8.